The van der Waals surface area contributed by atoms with E-state index in [1.807, 2.05) is 13.8 Å². The molecule has 0 aliphatic carbocycles. The standard InChI is InChI=1S/C18H23N3O5/c1-11(2)26-15-6-5-13(7-16(15)25-4)18(24)21(10-17(22)23)9-14-8-19-12(3)20-14/h5-8,11H,9-10H2,1-4H3,(H,19,20)(H,22,23). The van der Waals surface area contributed by atoms with Crippen LogP contribution >= 0.6 is 0 Å². The second-order valence-corrected chi connectivity index (χ2v) is 6.08. The van der Waals surface area contributed by atoms with Crippen molar-refractivity contribution in [2.75, 3.05) is 13.7 Å². The molecule has 0 spiro atoms. The summed E-state index contributed by atoms with van der Waals surface area (Å²) in [6.07, 6.45) is 1.54. The predicted octanol–water partition coefficient (Wildman–Crippen LogP) is 2.24. The van der Waals surface area contributed by atoms with Crippen molar-refractivity contribution in [1.29, 1.82) is 0 Å². The van der Waals surface area contributed by atoms with Crippen LogP contribution in [0.2, 0.25) is 0 Å². The fourth-order valence-electron chi connectivity index (χ4n) is 2.45. The number of rotatable bonds is 8. The minimum atomic E-state index is -1.10. The van der Waals surface area contributed by atoms with Gasteiger partial charge in [0.2, 0.25) is 0 Å². The van der Waals surface area contributed by atoms with Crippen molar-refractivity contribution in [1.82, 2.24) is 14.9 Å². The first-order chi connectivity index (χ1) is 12.3. The largest absolute Gasteiger partial charge is 0.493 e. The van der Waals surface area contributed by atoms with Gasteiger partial charge in [0.25, 0.3) is 5.91 Å². The van der Waals surface area contributed by atoms with Crippen LogP contribution in [0.4, 0.5) is 0 Å². The molecular formula is C18H23N3O5. The highest BCUT2D eigenvalue weighted by Gasteiger charge is 2.21. The van der Waals surface area contributed by atoms with E-state index in [2.05, 4.69) is 9.97 Å². The van der Waals surface area contributed by atoms with Crippen molar-refractivity contribution in [2.24, 2.45) is 0 Å². The second-order valence-electron chi connectivity index (χ2n) is 6.08. The summed E-state index contributed by atoms with van der Waals surface area (Å²) in [4.78, 5) is 32.3. The minimum absolute atomic E-state index is 0.0439. The number of imidazole rings is 1. The van der Waals surface area contributed by atoms with E-state index in [0.29, 0.717) is 28.6 Å². The molecule has 1 amide bonds. The molecule has 8 heteroatoms. The Hall–Kier alpha value is -3.03. The number of carboxylic acid groups (broad SMARTS) is 1. The monoisotopic (exact) mass is 361 g/mol. The number of amides is 1. The Kier molecular flexibility index (Phi) is 6.21. The van der Waals surface area contributed by atoms with Gasteiger partial charge in [-0.2, -0.15) is 0 Å². The maximum atomic E-state index is 12.8. The number of carboxylic acids is 1. The molecule has 0 radical (unpaired) electrons. The number of aromatic nitrogens is 2. The van der Waals surface area contributed by atoms with E-state index in [-0.39, 0.29) is 12.6 Å². The van der Waals surface area contributed by atoms with Gasteiger partial charge in [-0.3, -0.25) is 9.59 Å². The van der Waals surface area contributed by atoms with Gasteiger partial charge in [-0.1, -0.05) is 0 Å². The Morgan fingerprint density at radius 1 is 1.31 bits per heavy atom. The average molecular weight is 361 g/mol. The van der Waals surface area contributed by atoms with Crippen LogP contribution in [-0.2, 0) is 11.3 Å². The van der Waals surface area contributed by atoms with E-state index in [1.54, 1.807) is 31.3 Å². The van der Waals surface area contributed by atoms with Gasteiger partial charge < -0.3 is 24.5 Å². The van der Waals surface area contributed by atoms with Crippen LogP contribution in [0.25, 0.3) is 0 Å². The number of hydrogen-bond donors (Lipinski definition) is 2. The zero-order valence-corrected chi connectivity index (χ0v) is 15.3. The number of methoxy groups -OCH3 is 1. The number of benzene rings is 1. The number of aromatic amines is 1. The van der Waals surface area contributed by atoms with Gasteiger partial charge in [-0.15, -0.1) is 0 Å². The van der Waals surface area contributed by atoms with Gasteiger partial charge in [-0.25, -0.2) is 4.98 Å². The maximum Gasteiger partial charge on any atom is 0.323 e. The lowest BCUT2D eigenvalue weighted by Crippen LogP contribution is -2.35. The summed E-state index contributed by atoms with van der Waals surface area (Å²) in [6, 6.07) is 4.79. The molecule has 2 rings (SSSR count). The van der Waals surface area contributed by atoms with Gasteiger partial charge >= 0.3 is 5.97 Å². The van der Waals surface area contributed by atoms with Gasteiger partial charge in [0, 0.05) is 5.56 Å². The number of H-pyrrole nitrogens is 1. The topological polar surface area (TPSA) is 105 Å². The molecule has 0 bridgehead atoms. The highest BCUT2D eigenvalue weighted by molar-refractivity contribution is 5.96. The Bertz CT molecular complexity index is 785. The number of nitrogens with one attached hydrogen (secondary N) is 1. The molecule has 1 heterocycles. The number of nitrogens with zero attached hydrogens (tertiary/aromatic N) is 2. The quantitative estimate of drug-likeness (QED) is 0.747. The third kappa shape index (κ3) is 4.98. The molecule has 0 unspecified atom stereocenters. The van der Waals surface area contributed by atoms with Crippen molar-refractivity contribution in [3.63, 3.8) is 0 Å². The average Bonchev–Trinajstić information content (AvgIpc) is 2.98. The molecule has 2 aromatic rings. The lowest BCUT2D eigenvalue weighted by molar-refractivity contribution is -0.137. The van der Waals surface area contributed by atoms with E-state index in [1.165, 1.54) is 12.0 Å². The van der Waals surface area contributed by atoms with E-state index in [0.717, 1.165) is 0 Å². The third-order valence-corrected chi connectivity index (χ3v) is 3.50. The molecular weight excluding hydrogens is 338 g/mol. The molecule has 2 N–H and O–H groups in total. The first kappa shape index (κ1) is 19.3. The fourth-order valence-corrected chi connectivity index (χ4v) is 2.45. The van der Waals surface area contributed by atoms with E-state index in [4.69, 9.17) is 14.6 Å². The van der Waals surface area contributed by atoms with Crippen LogP contribution in [0.3, 0.4) is 0 Å². The molecule has 1 aromatic heterocycles. The van der Waals surface area contributed by atoms with Gasteiger partial charge in [0.1, 0.15) is 12.4 Å². The molecule has 0 aliphatic rings. The molecule has 1 aromatic carbocycles. The molecule has 0 saturated carbocycles. The molecule has 26 heavy (non-hydrogen) atoms. The van der Waals surface area contributed by atoms with Gasteiger partial charge in [0.15, 0.2) is 11.5 Å². The zero-order chi connectivity index (χ0) is 19.3. The maximum absolute atomic E-state index is 12.8. The molecule has 0 aliphatic heterocycles. The predicted molar refractivity (Wildman–Crippen MR) is 94.5 cm³/mol. The van der Waals surface area contributed by atoms with Crippen molar-refractivity contribution >= 4 is 11.9 Å². The first-order valence-corrected chi connectivity index (χ1v) is 8.16. The van der Waals surface area contributed by atoms with E-state index >= 15 is 0 Å². The summed E-state index contributed by atoms with van der Waals surface area (Å²) < 4.78 is 10.9. The Morgan fingerprint density at radius 2 is 2.04 bits per heavy atom. The zero-order valence-electron chi connectivity index (χ0n) is 15.3. The molecule has 0 saturated heterocycles. The lowest BCUT2D eigenvalue weighted by atomic mass is 10.1. The summed E-state index contributed by atoms with van der Waals surface area (Å²) in [5.74, 6) is 0.111. The SMILES string of the molecule is COc1cc(C(=O)N(CC(=O)O)Cc2cnc(C)[nH]2)ccc1OC(C)C. The van der Waals surface area contributed by atoms with Crippen molar-refractivity contribution in [3.05, 3.63) is 41.5 Å². The Morgan fingerprint density at radius 3 is 2.58 bits per heavy atom. The van der Waals surface area contributed by atoms with Crippen LogP contribution in [0.15, 0.2) is 24.4 Å². The Balaban J connectivity index is 2.27. The summed E-state index contributed by atoms with van der Waals surface area (Å²) in [6.45, 7) is 5.24. The van der Waals surface area contributed by atoms with Crippen LogP contribution in [0.1, 0.15) is 35.7 Å². The van der Waals surface area contributed by atoms with Crippen LogP contribution in [-0.4, -0.2) is 51.6 Å². The second kappa shape index (κ2) is 8.37. The smallest absolute Gasteiger partial charge is 0.323 e. The number of carbonyl (C=O) groups is 2. The molecule has 0 atom stereocenters. The van der Waals surface area contributed by atoms with Crippen LogP contribution in [0.5, 0.6) is 11.5 Å². The summed E-state index contributed by atoms with van der Waals surface area (Å²) in [5, 5.41) is 9.14. The van der Waals surface area contributed by atoms with E-state index in [9.17, 15) is 9.59 Å². The first-order valence-electron chi connectivity index (χ1n) is 8.16. The normalized spacial score (nSPS) is 10.7. The third-order valence-electron chi connectivity index (χ3n) is 3.50. The Labute approximate surface area is 151 Å². The number of carbonyl (C=O) groups excluding carboxylic acids is 1. The van der Waals surface area contributed by atoms with Crippen molar-refractivity contribution < 1.29 is 24.2 Å². The van der Waals surface area contributed by atoms with Crippen LogP contribution < -0.4 is 9.47 Å². The molecule has 8 nitrogen and oxygen atoms in total. The number of aliphatic carboxylic acids is 1. The number of ether oxygens (including phenoxy) is 2. The summed E-state index contributed by atoms with van der Waals surface area (Å²) in [7, 11) is 1.49. The van der Waals surface area contributed by atoms with Crippen LogP contribution in [0, 0.1) is 6.92 Å². The summed E-state index contributed by atoms with van der Waals surface area (Å²) >= 11 is 0. The van der Waals surface area contributed by atoms with Gasteiger partial charge in [0.05, 0.1) is 31.6 Å². The number of aryl methyl sites for hydroxylation is 1. The molecule has 0 fully saturated rings. The number of hydrogen-bond acceptors (Lipinski definition) is 5. The van der Waals surface area contributed by atoms with Crippen molar-refractivity contribution in [2.45, 2.75) is 33.4 Å². The van der Waals surface area contributed by atoms with Gasteiger partial charge in [-0.05, 0) is 39.0 Å². The minimum Gasteiger partial charge on any atom is -0.493 e. The summed E-state index contributed by atoms with van der Waals surface area (Å²) in [5.41, 5.74) is 0.972. The van der Waals surface area contributed by atoms with Crippen molar-refractivity contribution in [3.8, 4) is 11.5 Å². The molecule has 140 valence electrons. The highest BCUT2D eigenvalue weighted by atomic mass is 16.5. The fraction of sp³-hybridized carbons (Fsp3) is 0.389. The highest BCUT2D eigenvalue weighted by Crippen LogP contribution is 2.29. The van der Waals surface area contributed by atoms with E-state index < -0.39 is 18.4 Å². The lowest BCUT2D eigenvalue weighted by Gasteiger charge is -2.21.